The Labute approximate surface area is 185 Å². The van der Waals surface area contributed by atoms with Crippen molar-refractivity contribution in [1.29, 1.82) is 0 Å². The second-order valence-corrected chi connectivity index (χ2v) is 11.0. The molecule has 0 radical (unpaired) electrons. The maximum absolute atomic E-state index is 12.3. The number of hydrogen-bond acceptors (Lipinski definition) is 2. The normalized spacial score (nSPS) is 27.7. The second-order valence-electron chi connectivity index (χ2n) is 8.87. The number of amides is 2. The number of rotatable bonds is 10. The van der Waals surface area contributed by atoms with Crippen molar-refractivity contribution < 1.29 is 9.59 Å². The van der Waals surface area contributed by atoms with Crippen LogP contribution < -0.4 is 10.6 Å². The molecule has 2 amide bonds. The van der Waals surface area contributed by atoms with E-state index in [1.165, 1.54) is 0 Å². The van der Waals surface area contributed by atoms with Gasteiger partial charge in [-0.2, -0.15) is 0 Å². The van der Waals surface area contributed by atoms with Crippen molar-refractivity contribution in [1.82, 2.24) is 10.6 Å². The monoisotopic (exact) mass is 454 g/mol. The molecule has 4 nitrogen and oxygen atoms in total. The molecule has 7 heteroatoms. The molecule has 1 fully saturated rings. The van der Waals surface area contributed by atoms with Crippen LogP contribution in [0.25, 0.3) is 0 Å². The molecule has 0 bridgehead atoms. The first-order valence-corrected chi connectivity index (χ1v) is 11.7. The number of carbonyl (C=O) groups excluding carboxylic acids is 2. The van der Waals surface area contributed by atoms with E-state index in [-0.39, 0.29) is 45.2 Å². The second kappa shape index (κ2) is 11.9. The molecule has 0 heterocycles. The number of nitrogens with one attached hydrogen (secondary N) is 2. The summed E-state index contributed by atoms with van der Waals surface area (Å²) in [6.07, 6.45) is 5.99. The van der Waals surface area contributed by atoms with Gasteiger partial charge in [0.1, 0.15) is 0 Å². The number of halogens is 3. The average Bonchev–Trinajstić information content (AvgIpc) is 2.63. The Morgan fingerprint density at radius 3 is 2.11 bits per heavy atom. The van der Waals surface area contributed by atoms with E-state index in [4.69, 9.17) is 34.8 Å². The van der Waals surface area contributed by atoms with E-state index < -0.39 is 0 Å². The Balaban J connectivity index is 2.58. The Morgan fingerprint density at radius 1 is 1.07 bits per heavy atom. The van der Waals surface area contributed by atoms with Crippen molar-refractivity contribution >= 4 is 46.6 Å². The van der Waals surface area contributed by atoms with Gasteiger partial charge in [0.25, 0.3) is 0 Å². The lowest BCUT2D eigenvalue weighted by molar-refractivity contribution is -0.136. The summed E-state index contributed by atoms with van der Waals surface area (Å²) in [6.45, 7) is 6.26. The Morgan fingerprint density at radius 2 is 1.61 bits per heavy atom. The fourth-order valence-electron chi connectivity index (χ4n) is 4.17. The smallest absolute Gasteiger partial charge is 0.223 e. The average molecular weight is 456 g/mol. The van der Waals surface area contributed by atoms with Gasteiger partial charge in [-0.3, -0.25) is 9.59 Å². The van der Waals surface area contributed by atoms with Gasteiger partial charge in [-0.1, -0.05) is 13.3 Å². The zero-order chi connectivity index (χ0) is 21.5. The van der Waals surface area contributed by atoms with Crippen LogP contribution >= 0.6 is 34.8 Å². The van der Waals surface area contributed by atoms with Gasteiger partial charge in [0.05, 0.1) is 5.92 Å². The summed E-state index contributed by atoms with van der Waals surface area (Å²) in [6, 6.07) is 0. The third-order valence-electron chi connectivity index (χ3n) is 6.06. The molecule has 28 heavy (non-hydrogen) atoms. The van der Waals surface area contributed by atoms with Crippen LogP contribution in [0.3, 0.4) is 0 Å². The maximum atomic E-state index is 12.3. The number of carbonyl (C=O) groups is 2. The number of hydrogen-bond donors (Lipinski definition) is 2. The molecule has 1 aliphatic carbocycles. The minimum atomic E-state index is -0.367. The van der Waals surface area contributed by atoms with Crippen LogP contribution in [0, 0.1) is 23.7 Å². The molecule has 6 unspecified atom stereocenters. The van der Waals surface area contributed by atoms with Crippen molar-refractivity contribution in [3.05, 3.63) is 0 Å². The highest BCUT2D eigenvalue weighted by atomic mass is 35.5. The molecule has 1 rings (SSSR count). The standard InChI is InChI=1S/C21H37Cl3N2O2/c1-13(7-6-10-21(2,3)24)17(22)9-8-14-11-15(19(27)25-4)16(12-18(14)23)20(28)26-5/h13-18H,6-12H2,1-5H3,(H,25,27)(H,26,28). The van der Waals surface area contributed by atoms with E-state index in [1.807, 2.05) is 13.8 Å². The molecule has 164 valence electrons. The third-order valence-corrected chi connectivity index (χ3v) is 7.43. The van der Waals surface area contributed by atoms with Crippen LogP contribution in [0.4, 0.5) is 0 Å². The van der Waals surface area contributed by atoms with E-state index in [0.717, 1.165) is 32.1 Å². The maximum Gasteiger partial charge on any atom is 0.223 e. The Kier molecular flexibility index (Phi) is 10.9. The quantitative estimate of drug-likeness (QED) is 0.458. The van der Waals surface area contributed by atoms with E-state index in [0.29, 0.717) is 18.8 Å². The molecule has 0 aliphatic heterocycles. The largest absolute Gasteiger partial charge is 0.359 e. The van der Waals surface area contributed by atoms with Crippen molar-refractivity contribution in [2.24, 2.45) is 23.7 Å². The van der Waals surface area contributed by atoms with E-state index >= 15 is 0 Å². The van der Waals surface area contributed by atoms with Gasteiger partial charge in [-0.15, -0.1) is 34.8 Å². The first-order chi connectivity index (χ1) is 13.0. The highest BCUT2D eigenvalue weighted by molar-refractivity contribution is 6.23. The summed E-state index contributed by atoms with van der Waals surface area (Å²) in [5.74, 6) is -0.285. The molecule has 6 atom stereocenters. The third kappa shape index (κ3) is 8.28. The zero-order valence-electron chi connectivity index (χ0n) is 17.9. The fourth-order valence-corrected chi connectivity index (χ4v) is 4.98. The van der Waals surface area contributed by atoms with Crippen LogP contribution in [0.2, 0.25) is 0 Å². The Bertz CT molecular complexity index is 510. The summed E-state index contributed by atoms with van der Waals surface area (Å²) >= 11 is 19.5. The summed E-state index contributed by atoms with van der Waals surface area (Å²) in [5, 5.41) is 5.33. The van der Waals surface area contributed by atoms with Crippen molar-refractivity contribution in [2.45, 2.75) is 81.3 Å². The van der Waals surface area contributed by atoms with Gasteiger partial charge in [0, 0.05) is 35.6 Å². The molecule has 0 spiro atoms. The van der Waals surface area contributed by atoms with Gasteiger partial charge >= 0.3 is 0 Å². The van der Waals surface area contributed by atoms with Crippen LogP contribution in [-0.2, 0) is 9.59 Å². The van der Waals surface area contributed by atoms with E-state index in [1.54, 1.807) is 14.1 Å². The summed E-state index contributed by atoms with van der Waals surface area (Å²) in [5.41, 5.74) is 0. The predicted octanol–water partition coefficient (Wildman–Crippen LogP) is 4.94. The molecule has 0 aromatic rings. The molecule has 2 N–H and O–H groups in total. The molecule has 1 aliphatic rings. The van der Waals surface area contributed by atoms with Crippen LogP contribution in [-0.4, -0.2) is 41.5 Å². The molecule has 0 saturated heterocycles. The lowest BCUT2D eigenvalue weighted by Crippen LogP contribution is -2.46. The molecule has 1 saturated carbocycles. The van der Waals surface area contributed by atoms with E-state index in [2.05, 4.69) is 17.6 Å². The van der Waals surface area contributed by atoms with Crippen LogP contribution in [0.15, 0.2) is 0 Å². The van der Waals surface area contributed by atoms with Crippen molar-refractivity contribution in [3.8, 4) is 0 Å². The molecular formula is C21H37Cl3N2O2. The van der Waals surface area contributed by atoms with Crippen LogP contribution in [0.5, 0.6) is 0 Å². The van der Waals surface area contributed by atoms with Gasteiger partial charge in [-0.05, 0) is 64.2 Å². The zero-order valence-corrected chi connectivity index (χ0v) is 20.1. The molecule has 0 aromatic carbocycles. The highest BCUT2D eigenvalue weighted by Gasteiger charge is 2.42. The minimum Gasteiger partial charge on any atom is -0.359 e. The van der Waals surface area contributed by atoms with Crippen molar-refractivity contribution in [2.75, 3.05) is 14.1 Å². The SMILES string of the molecule is CNC(=O)C1CC(Cl)C(CCC(Cl)C(C)CCCC(C)(C)Cl)CC1C(=O)NC. The van der Waals surface area contributed by atoms with Gasteiger partial charge in [0.15, 0.2) is 0 Å². The first-order valence-electron chi connectivity index (χ1n) is 10.4. The summed E-state index contributed by atoms with van der Waals surface area (Å²) in [4.78, 5) is 24.4. The van der Waals surface area contributed by atoms with Gasteiger partial charge in [0.2, 0.25) is 11.8 Å². The van der Waals surface area contributed by atoms with Crippen molar-refractivity contribution in [3.63, 3.8) is 0 Å². The highest BCUT2D eigenvalue weighted by Crippen LogP contribution is 2.40. The minimum absolute atomic E-state index is 0.0809. The number of alkyl halides is 3. The summed E-state index contributed by atoms with van der Waals surface area (Å²) < 4.78 is 0. The Hall–Kier alpha value is -0.190. The molecular weight excluding hydrogens is 419 g/mol. The summed E-state index contributed by atoms with van der Waals surface area (Å²) in [7, 11) is 3.22. The topological polar surface area (TPSA) is 58.2 Å². The van der Waals surface area contributed by atoms with E-state index in [9.17, 15) is 9.59 Å². The fraction of sp³-hybridized carbons (Fsp3) is 0.905. The lowest BCUT2D eigenvalue weighted by Gasteiger charge is -2.37. The van der Waals surface area contributed by atoms with Gasteiger partial charge < -0.3 is 10.6 Å². The van der Waals surface area contributed by atoms with Crippen LogP contribution in [0.1, 0.15) is 65.7 Å². The van der Waals surface area contributed by atoms with Gasteiger partial charge in [-0.25, -0.2) is 0 Å². The molecule has 0 aromatic heterocycles. The lowest BCUT2D eigenvalue weighted by atomic mass is 9.71. The first kappa shape index (κ1) is 25.8. The predicted molar refractivity (Wildman–Crippen MR) is 119 cm³/mol.